The van der Waals surface area contributed by atoms with Gasteiger partial charge in [0.15, 0.2) is 0 Å². The molecule has 0 amide bonds. The van der Waals surface area contributed by atoms with Crippen molar-refractivity contribution in [3.63, 3.8) is 0 Å². The van der Waals surface area contributed by atoms with Crippen molar-refractivity contribution < 1.29 is 8.42 Å². The standard InChI is InChI=1S/C12H20N2O2S/c1-5-9-6-7-10(13)8-11(9)17(15,16)14-12(2,3)4/h6-8,14H,5,13H2,1-4H3. The van der Waals surface area contributed by atoms with Crippen molar-refractivity contribution >= 4 is 15.7 Å². The van der Waals surface area contributed by atoms with Crippen LogP contribution in [0.2, 0.25) is 0 Å². The minimum absolute atomic E-state index is 0.273. The van der Waals surface area contributed by atoms with Gasteiger partial charge >= 0.3 is 0 Å². The second kappa shape index (κ2) is 4.66. The van der Waals surface area contributed by atoms with Crippen molar-refractivity contribution in [1.29, 1.82) is 0 Å². The van der Waals surface area contributed by atoms with Gasteiger partial charge in [0.05, 0.1) is 4.90 Å². The summed E-state index contributed by atoms with van der Waals surface area (Å²) in [6.45, 7) is 7.34. The molecule has 0 atom stereocenters. The van der Waals surface area contributed by atoms with E-state index in [-0.39, 0.29) is 4.90 Å². The Balaban J connectivity index is 3.28. The molecular formula is C12H20N2O2S. The van der Waals surface area contributed by atoms with Gasteiger partial charge < -0.3 is 5.73 Å². The number of aryl methyl sites for hydroxylation is 1. The first-order valence-electron chi connectivity index (χ1n) is 5.58. The molecule has 1 rings (SSSR count). The van der Waals surface area contributed by atoms with E-state index in [0.717, 1.165) is 5.56 Å². The van der Waals surface area contributed by atoms with Crippen molar-refractivity contribution in [2.75, 3.05) is 5.73 Å². The highest BCUT2D eigenvalue weighted by Crippen LogP contribution is 2.21. The van der Waals surface area contributed by atoms with Gasteiger partial charge in [-0.15, -0.1) is 0 Å². The van der Waals surface area contributed by atoms with E-state index < -0.39 is 15.6 Å². The van der Waals surface area contributed by atoms with Crippen molar-refractivity contribution in [1.82, 2.24) is 4.72 Å². The predicted molar refractivity (Wildman–Crippen MR) is 70.3 cm³/mol. The number of nitrogen functional groups attached to an aromatic ring is 1. The molecule has 17 heavy (non-hydrogen) atoms. The van der Waals surface area contributed by atoms with Gasteiger partial charge in [-0.1, -0.05) is 13.0 Å². The molecular weight excluding hydrogens is 236 g/mol. The van der Waals surface area contributed by atoms with E-state index in [9.17, 15) is 8.42 Å². The molecule has 0 spiro atoms. The topological polar surface area (TPSA) is 72.2 Å². The van der Waals surface area contributed by atoms with Crippen LogP contribution in [0, 0.1) is 0 Å². The molecule has 5 heteroatoms. The number of nitrogens with one attached hydrogen (secondary N) is 1. The van der Waals surface area contributed by atoms with Gasteiger partial charge in [-0.25, -0.2) is 13.1 Å². The molecule has 0 bridgehead atoms. The van der Waals surface area contributed by atoms with E-state index in [1.807, 2.05) is 27.7 Å². The maximum absolute atomic E-state index is 12.2. The molecule has 0 fully saturated rings. The maximum Gasteiger partial charge on any atom is 0.241 e. The average molecular weight is 256 g/mol. The van der Waals surface area contributed by atoms with Crippen LogP contribution in [0.4, 0.5) is 5.69 Å². The summed E-state index contributed by atoms with van der Waals surface area (Å²) in [6.07, 6.45) is 0.653. The van der Waals surface area contributed by atoms with Crippen LogP contribution in [-0.2, 0) is 16.4 Å². The first-order chi connectivity index (χ1) is 7.65. The van der Waals surface area contributed by atoms with Crippen LogP contribution in [0.3, 0.4) is 0 Å². The van der Waals surface area contributed by atoms with E-state index in [2.05, 4.69) is 4.72 Å². The first-order valence-corrected chi connectivity index (χ1v) is 7.06. The zero-order valence-electron chi connectivity index (χ0n) is 10.7. The summed E-state index contributed by atoms with van der Waals surface area (Å²) in [4.78, 5) is 0.273. The summed E-state index contributed by atoms with van der Waals surface area (Å²) in [7, 11) is -3.51. The first kappa shape index (κ1) is 14.0. The number of hydrogen-bond donors (Lipinski definition) is 2. The zero-order valence-corrected chi connectivity index (χ0v) is 11.6. The lowest BCUT2D eigenvalue weighted by Crippen LogP contribution is -2.40. The lowest BCUT2D eigenvalue weighted by Gasteiger charge is -2.21. The van der Waals surface area contributed by atoms with Crippen molar-refractivity contribution in [2.45, 2.75) is 44.6 Å². The van der Waals surface area contributed by atoms with Gasteiger partial charge in [0.25, 0.3) is 0 Å². The quantitative estimate of drug-likeness (QED) is 0.811. The second-order valence-electron chi connectivity index (χ2n) is 5.08. The Labute approximate surface area is 103 Å². The Hall–Kier alpha value is -1.07. The number of hydrogen-bond acceptors (Lipinski definition) is 3. The summed E-state index contributed by atoms with van der Waals surface area (Å²) in [6, 6.07) is 4.98. The van der Waals surface area contributed by atoms with Crippen LogP contribution in [0.15, 0.2) is 23.1 Å². The fraction of sp³-hybridized carbons (Fsp3) is 0.500. The van der Waals surface area contributed by atoms with Crippen LogP contribution >= 0.6 is 0 Å². The predicted octanol–water partition coefficient (Wildman–Crippen LogP) is 1.91. The zero-order chi connectivity index (χ0) is 13.3. The Kier molecular flexibility index (Phi) is 3.84. The molecule has 0 aliphatic carbocycles. The van der Waals surface area contributed by atoms with Gasteiger partial charge in [-0.3, -0.25) is 0 Å². The largest absolute Gasteiger partial charge is 0.399 e. The Morgan fingerprint density at radius 3 is 2.35 bits per heavy atom. The molecule has 1 aromatic rings. The fourth-order valence-corrected chi connectivity index (χ4v) is 3.34. The van der Waals surface area contributed by atoms with Crippen molar-refractivity contribution in [3.8, 4) is 0 Å². The molecule has 4 nitrogen and oxygen atoms in total. The molecule has 0 heterocycles. The highest BCUT2D eigenvalue weighted by atomic mass is 32.2. The maximum atomic E-state index is 12.2. The lowest BCUT2D eigenvalue weighted by atomic mass is 10.1. The summed E-state index contributed by atoms with van der Waals surface area (Å²) in [5.74, 6) is 0. The van der Waals surface area contributed by atoms with Crippen LogP contribution < -0.4 is 10.5 Å². The monoisotopic (exact) mass is 256 g/mol. The smallest absolute Gasteiger partial charge is 0.241 e. The molecule has 0 aliphatic rings. The number of sulfonamides is 1. The summed E-state index contributed by atoms with van der Waals surface area (Å²) >= 11 is 0. The fourth-order valence-electron chi connectivity index (χ4n) is 1.57. The minimum atomic E-state index is -3.51. The Morgan fingerprint density at radius 2 is 1.88 bits per heavy atom. The molecule has 0 unspecified atom stereocenters. The third-order valence-electron chi connectivity index (χ3n) is 2.20. The van der Waals surface area contributed by atoms with Crippen LogP contribution in [0.5, 0.6) is 0 Å². The number of benzene rings is 1. The van der Waals surface area contributed by atoms with Crippen molar-refractivity contribution in [2.24, 2.45) is 0 Å². The van der Waals surface area contributed by atoms with Gasteiger partial charge in [0, 0.05) is 11.2 Å². The Bertz CT molecular complexity index is 502. The highest BCUT2D eigenvalue weighted by Gasteiger charge is 2.24. The van der Waals surface area contributed by atoms with E-state index in [1.54, 1.807) is 12.1 Å². The van der Waals surface area contributed by atoms with Gasteiger partial charge in [0.2, 0.25) is 10.0 Å². The van der Waals surface area contributed by atoms with Crippen molar-refractivity contribution in [3.05, 3.63) is 23.8 Å². The Morgan fingerprint density at radius 1 is 1.29 bits per heavy atom. The molecule has 0 aromatic heterocycles. The molecule has 0 saturated carbocycles. The summed E-state index contributed by atoms with van der Waals surface area (Å²) in [5.41, 5.74) is 6.37. The SMILES string of the molecule is CCc1ccc(N)cc1S(=O)(=O)NC(C)(C)C. The van der Waals surface area contributed by atoms with E-state index in [1.165, 1.54) is 6.07 Å². The number of rotatable bonds is 3. The summed E-state index contributed by atoms with van der Waals surface area (Å²) < 4.78 is 27.1. The molecule has 0 aliphatic heterocycles. The normalized spacial score (nSPS) is 12.7. The third kappa shape index (κ3) is 3.71. The highest BCUT2D eigenvalue weighted by molar-refractivity contribution is 7.89. The molecule has 96 valence electrons. The molecule has 0 radical (unpaired) electrons. The van der Waals surface area contributed by atoms with Crippen LogP contribution in [-0.4, -0.2) is 14.0 Å². The van der Waals surface area contributed by atoms with Gasteiger partial charge in [0.1, 0.15) is 0 Å². The molecule has 1 aromatic carbocycles. The second-order valence-corrected chi connectivity index (χ2v) is 6.73. The summed E-state index contributed by atoms with van der Waals surface area (Å²) in [5, 5.41) is 0. The number of anilines is 1. The average Bonchev–Trinajstić information content (AvgIpc) is 2.14. The number of nitrogens with two attached hydrogens (primary N) is 1. The third-order valence-corrected chi connectivity index (χ3v) is 4.04. The molecule has 0 saturated heterocycles. The lowest BCUT2D eigenvalue weighted by molar-refractivity contribution is 0.491. The molecule has 3 N–H and O–H groups in total. The van der Waals surface area contributed by atoms with E-state index >= 15 is 0 Å². The van der Waals surface area contributed by atoms with Gasteiger partial charge in [-0.2, -0.15) is 0 Å². The van der Waals surface area contributed by atoms with Crippen LogP contribution in [0.1, 0.15) is 33.3 Å². The van der Waals surface area contributed by atoms with E-state index in [0.29, 0.717) is 12.1 Å². The van der Waals surface area contributed by atoms with Crippen LogP contribution in [0.25, 0.3) is 0 Å². The minimum Gasteiger partial charge on any atom is -0.399 e. The van der Waals surface area contributed by atoms with Gasteiger partial charge in [-0.05, 0) is 44.9 Å². The van der Waals surface area contributed by atoms with E-state index in [4.69, 9.17) is 5.73 Å².